The quantitative estimate of drug-likeness (QED) is 0.650. The van der Waals surface area contributed by atoms with Crippen molar-refractivity contribution in [1.82, 2.24) is 9.78 Å². The highest BCUT2D eigenvalue weighted by atomic mass is 16.5. The Hall–Kier alpha value is -1.85. The molecule has 0 bridgehead atoms. The lowest BCUT2D eigenvalue weighted by Gasteiger charge is -1.99. The molecule has 6 heteroatoms. The second-order valence-electron chi connectivity index (χ2n) is 1.90. The Morgan fingerprint density at radius 2 is 2.33 bits per heavy atom. The Bertz CT molecular complexity index is 317. The maximum absolute atomic E-state index is 10.8. The summed E-state index contributed by atoms with van der Waals surface area (Å²) in [5, 5.41) is 12.0. The predicted octanol–water partition coefficient (Wildman–Crippen LogP) is 0.196. The summed E-state index contributed by atoms with van der Waals surface area (Å²) in [5.41, 5.74) is -0.221. The fourth-order valence-corrected chi connectivity index (χ4v) is 0.697. The summed E-state index contributed by atoms with van der Waals surface area (Å²) in [4.78, 5) is 21.2. The van der Waals surface area contributed by atoms with Crippen LogP contribution in [-0.4, -0.2) is 34.1 Å². The Kier molecular flexibility index (Phi) is 2.09. The van der Waals surface area contributed by atoms with E-state index in [-0.39, 0.29) is 5.69 Å². The minimum Gasteiger partial charge on any atom is -0.477 e. The van der Waals surface area contributed by atoms with Gasteiger partial charge >= 0.3 is 12.1 Å². The van der Waals surface area contributed by atoms with Crippen LogP contribution in [0.2, 0.25) is 0 Å². The average molecular weight is 170 g/mol. The molecular weight excluding hydrogens is 164 g/mol. The second kappa shape index (κ2) is 3.04. The summed E-state index contributed by atoms with van der Waals surface area (Å²) in [7, 11) is 1.15. The first kappa shape index (κ1) is 8.25. The number of rotatable bonds is 1. The standard InChI is InChI=1S/C6H6N2O4/c1-12-6(11)8-4(5(9)10)2-3-7-8/h2-3H,1H3,(H,9,10). The highest BCUT2D eigenvalue weighted by Gasteiger charge is 2.15. The lowest BCUT2D eigenvalue weighted by atomic mass is 10.4. The van der Waals surface area contributed by atoms with Gasteiger partial charge in [0.2, 0.25) is 0 Å². The summed E-state index contributed by atoms with van der Waals surface area (Å²) < 4.78 is 4.95. The first-order valence-electron chi connectivity index (χ1n) is 3.02. The van der Waals surface area contributed by atoms with Crippen LogP contribution in [0.4, 0.5) is 4.79 Å². The van der Waals surface area contributed by atoms with Gasteiger partial charge in [-0.1, -0.05) is 0 Å². The highest BCUT2D eigenvalue weighted by molar-refractivity contribution is 5.89. The van der Waals surface area contributed by atoms with Gasteiger partial charge in [0.1, 0.15) is 0 Å². The van der Waals surface area contributed by atoms with Crippen LogP contribution >= 0.6 is 0 Å². The molecule has 0 saturated heterocycles. The lowest BCUT2D eigenvalue weighted by molar-refractivity contribution is 0.0681. The van der Waals surface area contributed by atoms with Gasteiger partial charge < -0.3 is 9.84 Å². The molecular formula is C6H6N2O4. The molecule has 0 aliphatic rings. The molecule has 0 aliphatic carbocycles. The number of hydrogen-bond donors (Lipinski definition) is 1. The van der Waals surface area contributed by atoms with Gasteiger partial charge in [0.25, 0.3) is 0 Å². The third kappa shape index (κ3) is 1.26. The van der Waals surface area contributed by atoms with Gasteiger partial charge in [0.15, 0.2) is 5.69 Å². The molecule has 0 saturated carbocycles. The first-order valence-corrected chi connectivity index (χ1v) is 3.02. The summed E-state index contributed by atoms with van der Waals surface area (Å²) in [6.07, 6.45) is 0.387. The summed E-state index contributed by atoms with van der Waals surface area (Å²) in [6, 6.07) is 1.21. The Morgan fingerprint density at radius 1 is 1.67 bits per heavy atom. The summed E-state index contributed by atoms with van der Waals surface area (Å²) in [5.74, 6) is -1.22. The third-order valence-corrected chi connectivity index (χ3v) is 1.21. The monoisotopic (exact) mass is 170 g/mol. The van der Waals surface area contributed by atoms with Crippen LogP contribution in [0.15, 0.2) is 12.3 Å². The second-order valence-corrected chi connectivity index (χ2v) is 1.90. The smallest absolute Gasteiger partial charge is 0.435 e. The first-order chi connectivity index (χ1) is 5.66. The van der Waals surface area contributed by atoms with Gasteiger partial charge in [-0.05, 0) is 6.07 Å². The molecule has 0 amide bonds. The molecule has 0 atom stereocenters. The van der Waals surface area contributed by atoms with E-state index in [1.54, 1.807) is 0 Å². The van der Waals surface area contributed by atoms with E-state index in [0.29, 0.717) is 4.68 Å². The highest BCUT2D eigenvalue weighted by Crippen LogP contribution is 1.98. The number of carbonyl (C=O) groups excluding carboxylic acids is 1. The zero-order valence-electron chi connectivity index (χ0n) is 6.22. The number of hydrogen-bond acceptors (Lipinski definition) is 4. The van der Waals surface area contributed by atoms with Gasteiger partial charge in [-0.3, -0.25) is 0 Å². The van der Waals surface area contributed by atoms with Crippen LogP contribution in [0.3, 0.4) is 0 Å². The third-order valence-electron chi connectivity index (χ3n) is 1.21. The van der Waals surface area contributed by atoms with E-state index in [4.69, 9.17) is 5.11 Å². The van der Waals surface area contributed by atoms with Crippen molar-refractivity contribution in [1.29, 1.82) is 0 Å². The van der Waals surface area contributed by atoms with Crippen molar-refractivity contribution < 1.29 is 19.4 Å². The van der Waals surface area contributed by atoms with Crippen molar-refractivity contribution in [2.24, 2.45) is 0 Å². The largest absolute Gasteiger partial charge is 0.477 e. The fourth-order valence-electron chi connectivity index (χ4n) is 0.697. The molecule has 0 aromatic carbocycles. The minimum absolute atomic E-state index is 0.221. The number of ether oxygens (including phenoxy) is 1. The van der Waals surface area contributed by atoms with E-state index in [9.17, 15) is 9.59 Å². The molecule has 1 aromatic rings. The molecule has 0 unspecified atom stereocenters. The van der Waals surface area contributed by atoms with Gasteiger partial charge in [-0.25, -0.2) is 9.59 Å². The molecule has 1 rings (SSSR count). The van der Waals surface area contributed by atoms with E-state index in [1.165, 1.54) is 12.3 Å². The summed E-state index contributed by atoms with van der Waals surface area (Å²) >= 11 is 0. The van der Waals surface area contributed by atoms with Crippen LogP contribution in [0.1, 0.15) is 10.5 Å². The number of carboxylic acids is 1. The minimum atomic E-state index is -1.22. The van der Waals surface area contributed by atoms with Gasteiger partial charge in [-0.15, -0.1) is 0 Å². The van der Waals surface area contributed by atoms with Crippen molar-refractivity contribution >= 4 is 12.1 Å². The Morgan fingerprint density at radius 3 is 2.83 bits per heavy atom. The molecule has 12 heavy (non-hydrogen) atoms. The molecule has 1 heterocycles. The fraction of sp³-hybridized carbons (Fsp3) is 0.167. The molecule has 0 spiro atoms. The van der Waals surface area contributed by atoms with E-state index in [1.807, 2.05) is 0 Å². The van der Waals surface area contributed by atoms with Crippen molar-refractivity contribution in [2.75, 3.05) is 7.11 Å². The topological polar surface area (TPSA) is 81.4 Å². The normalized spacial score (nSPS) is 9.42. The Balaban J connectivity index is 3.07. The van der Waals surface area contributed by atoms with E-state index in [0.717, 1.165) is 7.11 Å². The number of carboxylic acid groups (broad SMARTS) is 1. The number of aromatic carboxylic acids is 1. The predicted molar refractivity (Wildman–Crippen MR) is 37.0 cm³/mol. The molecule has 64 valence electrons. The van der Waals surface area contributed by atoms with E-state index < -0.39 is 12.1 Å². The number of aromatic nitrogens is 2. The molecule has 0 radical (unpaired) electrons. The van der Waals surface area contributed by atoms with Gasteiger partial charge in [0.05, 0.1) is 13.3 Å². The van der Waals surface area contributed by atoms with Crippen LogP contribution in [0.5, 0.6) is 0 Å². The van der Waals surface area contributed by atoms with Gasteiger partial charge in [0, 0.05) is 0 Å². The lowest BCUT2D eigenvalue weighted by Crippen LogP contribution is -2.18. The van der Waals surface area contributed by atoms with E-state index in [2.05, 4.69) is 9.84 Å². The molecule has 0 fully saturated rings. The van der Waals surface area contributed by atoms with Crippen molar-refractivity contribution in [3.8, 4) is 0 Å². The SMILES string of the molecule is COC(=O)n1nccc1C(=O)O. The zero-order valence-corrected chi connectivity index (χ0v) is 6.22. The molecule has 1 N–H and O–H groups in total. The van der Waals surface area contributed by atoms with Crippen LogP contribution in [0.25, 0.3) is 0 Å². The van der Waals surface area contributed by atoms with Crippen molar-refractivity contribution in [2.45, 2.75) is 0 Å². The number of nitrogens with zero attached hydrogens (tertiary/aromatic N) is 2. The molecule has 0 aliphatic heterocycles. The Labute approximate surface area is 67.4 Å². The van der Waals surface area contributed by atoms with Crippen LogP contribution in [-0.2, 0) is 4.74 Å². The maximum atomic E-state index is 10.8. The average Bonchev–Trinajstić information content (AvgIpc) is 2.50. The number of methoxy groups -OCH3 is 1. The van der Waals surface area contributed by atoms with Crippen LogP contribution in [0, 0.1) is 0 Å². The molecule has 1 aromatic heterocycles. The van der Waals surface area contributed by atoms with E-state index >= 15 is 0 Å². The van der Waals surface area contributed by atoms with Crippen LogP contribution < -0.4 is 0 Å². The van der Waals surface area contributed by atoms with Gasteiger partial charge in [-0.2, -0.15) is 9.78 Å². The van der Waals surface area contributed by atoms with Crippen molar-refractivity contribution in [3.05, 3.63) is 18.0 Å². The zero-order chi connectivity index (χ0) is 9.14. The molecule has 6 nitrogen and oxygen atoms in total. The summed E-state index contributed by atoms with van der Waals surface area (Å²) in [6.45, 7) is 0. The van der Waals surface area contributed by atoms with Crippen molar-refractivity contribution in [3.63, 3.8) is 0 Å². The number of carbonyl (C=O) groups is 2. The maximum Gasteiger partial charge on any atom is 0.435 e.